The minimum Gasteiger partial charge on any atom is -0.507 e. The molecule has 4 aromatic rings. The van der Waals surface area contributed by atoms with Crippen molar-refractivity contribution in [1.29, 1.82) is 0 Å². The maximum Gasteiger partial charge on any atom is 0.491 e. The molecular weight excluding hydrogens is 599 g/mol. The molecule has 0 amide bonds. The highest BCUT2D eigenvalue weighted by Crippen LogP contribution is 2.42. The minimum atomic E-state index is -5.16. The van der Waals surface area contributed by atoms with Gasteiger partial charge in [0.1, 0.15) is 40.2 Å². The highest BCUT2D eigenvalue weighted by atomic mass is 32.2. The summed E-state index contributed by atoms with van der Waals surface area (Å²) in [7, 11) is -3.69. The summed E-state index contributed by atoms with van der Waals surface area (Å²) in [4.78, 5) is 13.5. The predicted octanol–water partition coefficient (Wildman–Crippen LogP) is 6.74. The van der Waals surface area contributed by atoms with Gasteiger partial charge in [-0.2, -0.15) is 13.2 Å². The van der Waals surface area contributed by atoms with Crippen molar-refractivity contribution in [2.45, 2.75) is 30.3 Å². The number of esters is 1. The van der Waals surface area contributed by atoms with Gasteiger partial charge in [0.05, 0.1) is 0 Å². The number of rotatable bonds is 9. The van der Waals surface area contributed by atoms with Crippen LogP contribution in [-0.2, 0) is 14.6 Å². The molecule has 0 saturated carbocycles. The normalized spacial score (nSPS) is 14.4. The Balaban J connectivity index is 1.45. The topological polar surface area (TPSA) is 102 Å². The molecule has 232 valence electrons. The van der Waals surface area contributed by atoms with E-state index in [4.69, 9.17) is 9.47 Å². The zero-order valence-corrected chi connectivity index (χ0v) is 24.6. The van der Waals surface area contributed by atoms with Crippen molar-refractivity contribution in [3.63, 3.8) is 0 Å². The lowest BCUT2D eigenvalue weighted by atomic mass is 9.99. The first kappa shape index (κ1) is 31.1. The van der Waals surface area contributed by atoms with E-state index in [1.165, 1.54) is 55.7 Å². The van der Waals surface area contributed by atoms with E-state index in [1.54, 1.807) is 36.4 Å². The van der Waals surface area contributed by atoms with Crippen LogP contribution in [-0.4, -0.2) is 63.1 Å². The zero-order chi connectivity index (χ0) is 31.5. The number of ether oxygens (including phenoxy) is 3. The smallest absolute Gasteiger partial charge is 0.491 e. The van der Waals surface area contributed by atoms with Crippen LogP contribution in [0.3, 0.4) is 0 Å². The first-order valence-corrected chi connectivity index (χ1v) is 15.8. The van der Waals surface area contributed by atoms with Crippen LogP contribution in [0.5, 0.6) is 28.7 Å². The fraction of sp³-hybridized carbons (Fsp3) is 0.281. The maximum atomic E-state index is 12.7. The van der Waals surface area contributed by atoms with E-state index in [2.05, 4.69) is 9.64 Å². The Morgan fingerprint density at radius 2 is 1.57 bits per heavy atom. The molecule has 0 atom stereocenters. The van der Waals surface area contributed by atoms with Gasteiger partial charge < -0.3 is 19.3 Å². The number of benzene rings is 4. The van der Waals surface area contributed by atoms with Crippen LogP contribution in [0, 0.1) is 0 Å². The van der Waals surface area contributed by atoms with Crippen LogP contribution in [0.25, 0.3) is 21.9 Å². The van der Waals surface area contributed by atoms with Gasteiger partial charge in [-0.1, -0.05) is 18.6 Å². The lowest BCUT2D eigenvalue weighted by Gasteiger charge is -2.26. The molecule has 44 heavy (non-hydrogen) atoms. The third-order valence-electron chi connectivity index (χ3n) is 7.22. The Kier molecular flexibility index (Phi) is 9.02. The molecule has 0 bridgehead atoms. The van der Waals surface area contributed by atoms with Gasteiger partial charge in [0.2, 0.25) is 0 Å². The molecule has 0 spiro atoms. The van der Waals surface area contributed by atoms with Crippen molar-refractivity contribution >= 4 is 26.6 Å². The summed E-state index contributed by atoms with van der Waals surface area (Å²) in [5.74, 6) is -1.74. The number of hydrogen-bond acceptors (Lipinski definition) is 8. The number of sulfone groups is 1. The van der Waals surface area contributed by atoms with Gasteiger partial charge in [-0.05, 0) is 97.5 Å². The van der Waals surface area contributed by atoms with E-state index in [0.717, 1.165) is 25.9 Å². The van der Waals surface area contributed by atoms with Crippen molar-refractivity contribution in [3.8, 4) is 39.9 Å². The van der Waals surface area contributed by atoms with E-state index in [0.29, 0.717) is 40.0 Å². The number of alkyl halides is 3. The van der Waals surface area contributed by atoms with Crippen molar-refractivity contribution in [1.82, 2.24) is 4.90 Å². The summed E-state index contributed by atoms with van der Waals surface area (Å²) >= 11 is 0. The Morgan fingerprint density at radius 1 is 0.886 bits per heavy atom. The number of halogens is 3. The van der Waals surface area contributed by atoms with Crippen LogP contribution in [0.4, 0.5) is 13.2 Å². The summed E-state index contributed by atoms with van der Waals surface area (Å²) < 4.78 is 79.0. The number of carbonyl (C=O) groups is 1. The molecule has 0 aliphatic carbocycles. The van der Waals surface area contributed by atoms with Gasteiger partial charge in [-0.3, -0.25) is 4.90 Å². The number of carbonyl (C=O) groups excluding carboxylic acids is 1. The Hall–Kier alpha value is -4.29. The number of hydrogen-bond donors (Lipinski definition) is 1. The molecule has 1 saturated heterocycles. The highest BCUT2D eigenvalue weighted by Gasteiger charge is 2.41. The van der Waals surface area contributed by atoms with Crippen molar-refractivity contribution in [3.05, 3.63) is 72.8 Å². The average molecular weight is 630 g/mol. The quantitative estimate of drug-likeness (QED) is 0.161. The summed E-state index contributed by atoms with van der Waals surface area (Å²) in [5.41, 5.74) is 0.895. The summed E-state index contributed by atoms with van der Waals surface area (Å²) in [6, 6.07) is 18.2. The van der Waals surface area contributed by atoms with E-state index in [1.807, 2.05) is 0 Å². The molecule has 12 heteroatoms. The average Bonchev–Trinajstić information content (AvgIpc) is 2.97. The van der Waals surface area contributed by atoms with Crippen molar-refractivity contribution in [2.75, 3.05) is 32.5 Å². The molecule has 5 rings (SSSR count). The largest absolute Gasteiger partial charge is 0.507 e. The Morgan fingerprint density at radius 3 is 2.23 bits per heavy atom. The van der Waals surface area contributed by atoms with Gasteiger partial charge >= 0.3 is 12.1 Å². The zero-order valence-electron chi connectivity index (χ0n) is 23.8. The summed E-state index contributed by atoms with van der Waals surface area (Å²) in [5, 5.41) is 11.3. The number of piperidine rings is 1. The van der Waals surface area contributed by atoms with Crippen LogP contribution in [0.15, 0.2) is 77.7 Å². The first-order chi connectivity index (χ1) is 20.9. The van der Waals surface area contributed by atoms with Crippen molar-refractivity contribution < 1.29 is 45.7 Å². The van der Waals surface area contributed by atoms with Gasteiger partial charge in [0, 0.05) is 23.8 Å². The molecule has 8 nitrogen and oxygen atoms in total. The number of phenolic OH excluding ortho intramolecular Hbond substituents is 1. The number of aromatic hydroxyl groups is 1. The molecule has 0 unspecified atom stereocenters. The van der Waals surface area contributed by atoms with E-state index >= 15 is 0 Å². The molecule has 1 N–H and O–H groups in total. The second-order valence-electron chi connectivity index (χ2n) is 10.5. The first-order valence-electron chi connectivity index (χ1n) is 13.9. The summed E-state index contributed by atoms with van der Waals surface area (Å²) in [6.07, 6.45) is -0.516. The summed E-state index contributed by atoms with van der Waals surface area (Å²) in [6.45, 7) is 3.53. The number of phenols is 1. The standard InChI is InChI=1S/C32H30F3NO7S/c1-44(39,40)29-14-6-22(20-28(29)37)26-12-5-21-19-25(43-31(38)32(33,34)35)11-13-27(21)30(26)42-24-9-7-23(8-10-24)41-18-17-36-15-3-2-4-16-36/h5-14,19-20,37H,2-4,15-18H2,1H3. The van der Waals surface area contributed by atoms with Gasteiger partial charge in [-0.15, -0.1) is 0 Å². The van der Waals surface area contributed by atoms with Gasteiger partial charge in [0.25, 0.3) is 0 Å². The Bertz CT molecular complexity index is 1770. The maximum absolute atomic E-state index is 12.7. The third kappa shape index (κ3) is 7.43. The minimum absolute atomic E-state index is 0.239. The van der Waals surface area contributed by atoms with Crippen LogP contribution in [0.1, 0.15) is 19.3 Å². The van der Waals surface area contributed by atoms with Crippen LogP contribution >= 0.6 is 0 Å². The molecule has 1 aliphatic heterocycles. The molecule has 0 radical (unpaired) electrons. The second kappa shape index (κ2) is 12.7. The molecular formula is C32H30F3NO7S. The lowest BCUT2D eigenvalue weighted by molar-refractivity contribution is -0.189. The molecule has 1 aliphatic rings. The fourth-order valence-electron chi connectivity index (χ4n) is 5.04. The lowest BCUT2D eigenvalue weighted by Crippen LogP contribution is -2.33. The molecule has 0 aromatic heterocycles. The van der Waals surface area contributed by atoms with Crippen LogP contribution < -0.4 is 14.2 Å². The van der Waals surface area contributed by atoms with E-state index in [9.17, 15) is 31.5 Å². The number of fused-ring (bicyclic) bond motifs is 1. The molecule has 1 fully saturated rings. The van der Waals surface area contributed by atoms with Crippen LogP contribution in [0.2, 0.25) is 0 Å². The van der Waals surface area contributed by atoms with Crippen molar-refractivity contribution in [2.24, 2.45) is 0 Å². The van der Waals surface area contributed by atoms with E-state index in [-0.39, 0.29) is 16.4 Å². The molecule has 4 aromatic carbocycles. The molecule has 1 heterocycles. The van der Waals surface area contributed by atoms with Gasteiger partial charge in [-0.25, -0.2) is 13.2 Å². The number of nitrogens with zero attached hydrogens (tertiary/aromatic N) is 1. The van der Waals surface area contributed by atoms with Gasteiger partial charge in [0.15, 0.2) is 9.84 Å². The predicted molar refractivity (Wildman–Crippen MR) is 158 cm³/mol. The second-order valence-corrected chi connectivity index (χ2v) is 12.5. The van der Waals surface area contributed by atoms with E-state index < -0.39 is 27.7 Å². The Labute approximate surface area is 252 Å². The fourth-order valence-corrected chi connectivity index (χ4v) is 5.79. The highest BCUT2D eigenvalue weighted by molar-refractivity contribution is 7.90. The third-order valence-corrected chi connectivity index (χ3v) is 8.37. The SMILES string of the molecule is CS(=O)(=O)c1ccc(-c2ccc3cc(OC(=O)C(F)(F)F)ccc3c2Oc2ccc(OCCN3CCCCC3)cc2)cc1O. The number of likely N-dealkylation sites (tertiary alicyclic amines) is 1. The monoisotopic (exact) mass is 629 g/mol.